The Morgan fingerprint density at radius 3 is 2.94 bits per heavy atom. The second-order valence-corrected chi connectivity index (χ2v) is 4.41. The van der Waals surface area contributed by atoms with Crippen molar-refractivity contribution >= 4 is 17.4 Å². The molecule has 0 spiro atoms. The molecule has 0 atom stereocenters. The molecule has 0 bridgehead atoms. The number of nitrogens with two attached hydrogens (primary N) is 1. The summed E-state index contributed by atoms with van der Waals surface area (Å²) in [5.41, 5.74) is 6.14. The third-order valence-electron chi connectivity index (χ3n) is 2.23. The summed E-state index contributed by atoms with van der Waals surface area (Å²) >= 11 is 1.48. The van der Waals surface area contributed by atoms with Crippen LogP contribution in [0.15, 0.2) is 39.8 Å². The van der Waals surface area contributed by atoms with E-state index in [0.29, 0.717) is 11.4 Å². The van der Waals surface area contributed by atoms with E-state index in [1.807, 2.05) is 12.1 Å². The number of rotatable bonds is 4. The fraction of sp³-hybridized carbons (Fsp3) is 0.167. The van der Waals surface area contributed by atoms with Crippen molar-refractivity contribution in [1.29, 1.82) is 0 Å². The van der Waals surface area contributed by atoms with Gasteiger partial charge in [-0.05, 0) is 18.2 Å². The van der Waals surface area contributed by atoms with E-state index in [9.17, 15) is 4.39 Å². The van der Waals surface area contributed by atoms with Gasteiger partial charge in [-0.2, -0.15) is 0 Å². The molecule has 0 amide bonds. The van der Waals surface area contributed by atoms with E-state index >= 15 is 0 Å². The maximum atomic E-state index is 13.3. The van der Waals surface area contributed by atoms with Crippen LogP contribution in [-0.2, 0) is 5.75 Å². The van der Waals surface area contributed by atoms with Gasteiger partial charge in [0.05, 0.1) is 19.1 Å². The van der Waals surface area contributed by atoms with Gasteiger partial charge in [-0.15, -0.1) is 11.8 Å². The number of nitrogen functional groups attached to an aromatic ring is 1. The summed E-state index contributed by atoms with van der Waals surface area (Å²) in [6.45, 7) is 0. The molecule has 17 heavy (non-hydrogen) atoms. The van der Waals surface area contributed by atoms with Crippen LogP contribution < -0.4 is 10.5 Å². The van der Waals surface area contributed by atoms with E-state index in [4.69, 9.17) is 14.9 Å². The van der Waals surface area contributed by atoms with Gasteiger partial charge < -0.3 is 14.9 Å². The first kappa shape index (κ1) is 11.9. The number of methoxy groups -OCH3 is 1. The lowest BCUT2D eigenvalue weighted by Gasteiger charge is -2.08. The molecule has 0 fully saturated rings. The highest BCUT2D eigenvalue weighted by Crippen LogP contribution is 2.33. The average molecular weight is 253 g/mol. The van der Waals surface area contributed by atoms with E-state index in [-0.39, 0.29) is 5.75 Å². The minimum Gasteiger partial charge on any atom is -0.494 e. The highest BCUT2D eigenvalue weighted by Gasteiger charge is 2.09. The lowest BCUT2D eigenvalue weighted by atomic mass is 10.3. The predicted molar refractivity (Wildman–Crippen MR) is 65.6 cm³/mol. The summed E-state index contributed by atoms with van der Waals surface area (Å²) in [6, 6.07) is 6.57. The summed E-state index contributed by atoms with van der Waals surface area (Å²) in [5.74, 6) is 1.23. The van der Waals surface area contributed by atoms with Crippen molar-refractivity contribution in [1.82, 2.24) is 0 Å². The van der Waals surface area contributed by atoms with Gasteiger partial charge in [0.25, 0.3) is 0 Å². The maximum absolute atomic E-state index is 13.3. The highest BCUT2D eigenvalue weighted by molar-refractivity contribution is 7.98. The van der Waals surface area contributed by atoms with E-state index in [0.717, 1.165) is 10.7 Å². The van der Waals surface area contributed by atoms with Gasteiger partial charge >= 0.3 is 0 Å². The Balaban J connectivity index is 2.15. The molecule has 0 saturated carbocycles. The fourth-order valence-electron chi connectivity index (χ4n) is 1.38. The van der Waals surface area contributed by atoms with Crippen LogP contribution in [0.4, 0.5) is 10.1 Å². The monoisotopic (exact) mass is 253 g/mol. The molecule has 5 heteroatoms. The fourth-order valence-corrected chi connectivity index (χ4v) is 2.25. The van der Waals surface area contributed by atoms with Crippen molar-refractivity contribution in [2.24, 2.45) is 0 Å². The van der Waals surface area contributed by atoms with E-state index in [1.165, 1.54) is 24.9 Å². The highest BCUT2D eigenvalue weighted by atomic mass is 32.2. The Hall–Kier alpha value is -1.62. The van der Waals surface area contributed by atoms with Crippen LogP contribution >= 0.6 is 11.8 Å². The van der Waals surface area contributed by atoms with E-state index < -0.39 is 5.82 Å². The molecule has 2 aromatic rings. The van der Waals surface area contributed by atoms with Crippen molar-refractivity contribution in [3.05, 3.63) is 42.1 Å². The van der Waals surface area contributed by atoms with Crippen molar-refractivity contribution < 1.29 is 13.5 Å². The van der Waals surface area contributed by atoms with Crippen LogP contribution in [0.5, 0.6) is 5.75 Å². The SMILES string of the molecule is COc1cc(SCc2ccco2)c(N)cc1F. The number of anilines is 1. The molecule has 2 N–H and O–H groups in total. The Bertz CT molecular complexity index is 499. The number of halogens is 1. The number of furan rings is 1. The quantitative estimate of drug-likeness (QED) is 0.671. The number of hydrogen-bond acceptors (Lipinski definition) is 4. The van der Waals surface area contributed by atoms with Gasteiger partial charge in [-0.25, -0.2) is 4.39 Å². The number of benzene rings is 1. The van der Waals surface area contributed by atoms with Crippen molar-refractivity contribution in [3.8, 4) is 5.75 Å². The molecule has 2 rings (SSSR count). The Labute approximate surface area is 103 Å². The number of thioether (sulfide) groups is 1. The molecule has 0 aliphatic carbocycles. The molecular weight excluding hydrogens is 241 g/mol. The zero-order valence-corrected chi connectivity index (χ0v) is 10.1. The topological polar surface area (TPSA) is 48.4 Å². The van der Waals surface area contributed by atoms with E-state index in [2.05, 4.69) is 0 Å². The third kappa shape index (κ3) is 2.74. The molecule has 0 aliphatic heterocycles. The first-order chi connectivity index (χ1) is 8.20. The summed E-state index contributed by atoms with van der Waals surface area (Å²) in [5, 5.41) is 0. The lowest BCUT2D eigenvalue weighted by molar-refractivity contribution is 0.385. The zero-order chi connectivity index (χ0) is 12.3. The summed E-state index contributed by atoms with van der Waals surface area (Å²) < 4.78 is 23.4. The Morgan fingerprint density at radius 2 is 2.29 bits per heavy atom. The smallest absolute Gasteiger partial charge is 0.167 e. The van der Waals surface area contributed by atoms with Crippen LogP contribution in [-0.4, -0.2) is 7.11 Å². The molecule has 1 heterocycles. The average Bonchev–Trinajstić information content (AvgIpc) is 2.81. The molecule has 0 unspecified atom stereocenters. The van der Waals surface area contributed by atoms with Crippen molar-refractivity contribution in [2.75, 3.05) is 12.8 Å². The summed E-state index contributed by atoms with van der Waals surface area (Å²) in [4.78, 5) is 0.777. The normalized spacial score (nSPS) is 10.5. The molecule has 3 nitrogen and oxygen atoms in total. The molecular formula is C12H12FNO2S. The maximum Gasteiger partial charge on any atom is 0.167 e. The van der Waals surface area contributed by atoms with Crippen LogP contribution in [0.1, 0.15) is 5.76 Å². The minimum absolute atomic E-state index is 0.196. The van der Waals surface area contributed by atoms with Crippen LogP contribution in [0.3, 0.4) is 0 Å². The Morgan fingerprint density at radius 1 is 1.47 bits per heavy atom. The molecule has 0 saturated heterocycles. The van der Waals surface area contributed by atoms with Gasteiger partial charge in [0, 0.05) is 16.6 Å². The second kappa shape index (κ2) is 5.14. The molecule has 1 aromatic heterocycles. The number of ether oxygens (including phenoxy) is 1. The number of hydrogen-bond donors (Lipinski definition) is 1. The van der Waals surface area contributed by atoms with Gasteiger partial charge in [0.1, 0.15) is 5.76 Å². The van der Waals surface area contributed by atoms with Crippen LogP contribution in [0.25, 0.3) is 0 Å². The van der Waals surface area contributed by atoms with Crippen molar-refractivity contribution in [2.45, 2.75) is 10.6 Å². The molecule has 90 valence electrons. The first-order valence-electron chi connectivity index (χ1n) is 4.99. The van der Waals surface area contributed by atoms with Crippen molar-refractivity contribution in [3.63, 3.8) is 0 Å². The van der Waals surface area contributed by atoms with Crippen LogP contribution in [0, 0.1) is 5.82 Å². The summed E-state index contributed by atoms with van der Waals surface area (Å²) in [6.07, 6.45) is 1.62. The van der Waals surface area contributed by atoms with Gasteiger partial charge in [-0.1, -0.05) is 0 Å². The second-order valence-electron chi connectivity index (χ2n) is 3.39. The lowest BCUT2D eigenvalue weighted by Crippen LogP contribution is -1.94. The van der Waals surface area contributed by atoms with E-state index in [1.54, 1.807) is 12.3 Å². The largest absolute Gasteiger partial charge is 0.494 e. The minimum atomic E-state index is -0.452. The first-order valence-corrected chi connectivity index (χ1v) is 5.97. The zero-order valence-electron chi connectivity index (χ0n) is 9.27. The van der Waals surface area contributed by atoms with Crippen LogP contribution in [0.2, 0.25) is 0 Å². The molecule has 0 aliphatic rings. The Kier molecular flexibility index (Phi) is 3.58. The van der Waals surface area contributed by atoms with Gasteiger partial charge in [-0.3, -0.25) is 0 Å². The van der Waals surface area contributed by atoms with Gasteiger partial charge in [0.15, 0.2) is 11.6 Å². The van der Waals surface area contributed by atoms with Gasteiger partial charge in [0.2, 0.25) is 0 Å². The standard InChI is InChI=1S/C12H12FNO2S/c1-15-11-6-12(10(14)5-9(11)13)17-7-8-3-2-4-16-8/h2-6H,7,14H2,1H3. The molecule has 0 radical (unpaired) electrons. The molecule has 1 aromatic carbocycles. The predicted octanol–water partition coefficient (Wildman–Crippen LogP) is 3.30. The third-order valence-corrected chi connectivity index (χ3v) is 3.33. The summed E-state index contributed by atoms with van der Waals surface area (Å²) in [7, 11) is 1.43.